The summed E-state index contributed by atoms with van der Waals surface area (Å²) in [5.74, 6) is 0. The molecule has 0 radical (unpaired) electrons. The smallest absolute Gasteiger partial charge is 0.0198 e. The molecule has 0 saturated heterocycles. The van der Waals surface area contributed by atoms with Gasteiger partial charge in [-0.05, 0) is 29.5 Å². The molecule has 1 aliphatic rings. The summed E-state index contributed by atoms with van der Waals surface area (Å²) in [7, 11) is 0. The maximum Gasteiger partial charge on any atom is -0.0198 e. The quantitative estimate of drug-likeness (QED) is 0.556. The van der Waals surface area contributed by atoms with Crippen LogP contribution in [0.1, 0.15) is 45.2 Å². The predicted molar refractivity (Wildman–Crippen MR) is 66.5 cm³/mol. The SMILES string of the molecule is C=C1CCc2ccccc21.CC.CC. The number of hydrogen-bond acceptors (Lipinski definition) is 0. The minimum atomic E-state index is 1.15. The molecule has 0 heteroatoms. The maximum atomic E-state index is 4.00. The molecular weight excluding hydrogens is 168 g/mol. The number of fused-ring (bicyclic) bond motifs is 1. The van der Waals surface area contributed by atoms with Crippen LogP contribution in [0.25, 0.3) is 5.57 Å². The molecule has 1 aromatic carbocycles. The molecule has 2 rings (SSSR count). The van der Waals surface area contributed by atoms with Crippen molar-refractivity contribution in [2.24, 2.45) is 0 Å². The first-order valence-corrected chi connectivity index (χ1v) is 5.64. The van der Waals surface area contributed by atoms with Crippen molar-refractivity contribution >= 4 is 5.57 Å². The van der Waals surface area contributed by atoms with Gasteiger partial charge in [0.1, 0.15) is 0 Å². The Hall–Kier alpha value is -1.04. The molecule has 0 fully saturated rings. The van der Waals surface area contributed by atoms with Crippen LogP contribution in [-0.2, 0) is 6.42 Å². The van der Waals surface area contributed by atoms with E-state index in [9.17, 15) is 0 Å². The Morgan fingerprint density at radius 2 is 1.50 bits per heavy atom. The summed E-state index contributed by atoms with van der Waals surface area (Å²) in [6.07, 6.45) is 2.34. The zero-order valence-electron chi connectivity index (χ0n) is 9.93. The van der Waals surface area contributed by atoms with Gasteiger partial charge in [0.05, 0.1) is 0 Å². The van der Waals surface area contributed by atoms with E-state index in [0.29, 0.717) is 0 Å². The fourth-order valence-electron chi connectivity index (χ4n) is 1.50. The average molecular weight is 190 g/mol. The van der Waals surface area contributed by atoms with Crippen molar-refractivity contribution in [3.05, 3.63) is 42.0 Å². The van der Waals surface area contributed by atoms with E-state index in [0.717, 1.165) is 6.42 Å². The van der Waals surface area contributed by atoms with Crippen LogP contribution in [-0.4, -0.2) is 0 Å². The van der Waals surface area contributed by atoms with Gasteiger partial charge in [-0.2, -0.15) is 0 Å². The van der Waals surface area contributed by atoms with Crippen molar-refractivity contribution in [2.75, 3.05) is 0 Å². The summed E-state index contributed by atoms with van der Waals surface area (Å²) in [6.45, 7) is 12.0. The van der Waals surface area contributed by atoms with Crippen LogP contribution in [0, 0.1) is 0 Å². The van der Waals surface area contributed by atoms with Gasteiger partial charge in [0, 0.05) is 0 Å². The van der Waals surface area contributed by atoms with Gasteiger partial charge in [0.25, 0.3) is 0 Å². The number of hydrogen-bond donors (Lipinski definition) is 0. The fraction of sp³-hybridized carbons (Fsp3) is 0.429. The van der Waals surface area contributed by atoms with Crippen LogP contribution in [0.3, 0.4) is 0 Å². The van der Waals surface area contributed by atoms with Crippen LogP contribution in [0.4, 0.5) is 0 Å². The van der Waals surface area contributed by atoms with Crippen molar-refractivity contribution < 1.29 is 0 Å². The van der Waals surface area contributed by atoms with Crippen molar-refractivity contribution in [2.45, 2.75) is 40.5 Å². The van der Waals surface area contributed by atoms with E-state index in [1.807, 2.05) is 27.7 Å². The minimum Gasteiger partial charge on any atom is -0.0952 e. The molecule has 0 unspecified atom stereocenters. The molecule has 0 spiro atoms. The highest BCUT2D eigenvalue weighted by molar-refractivity contribution is 5.70. The second-order valence-corrected chi connectivity index (χ2v) is 2.76. The molecule has 14 heavy (non-hydrogen) atoms. The van der Waals surface area contributed by atoms with Gasteiger partial charge in [0.15, 0.2) is 0 Å². The number of allylic oxidation sites excluding steroid dienone is 1. The third-order valence-electron chi connectivity index (χ3n) is 2.09. The summed E-state index contributed by atoms with van der Waals surface area (Å²) in [5.41, 5.74) is 4.14. The van der Waals surface area contributed by atoms with Gasteiger partial charge in [0.2, 0.25) is 0 Å². The molecule has 0 saturated carbocycles. The maximum absolute atomic E-state index is 4.00. The molecule has 0 heterocycles. The summed E-state index contributed by atoms with van der Waals surface area (Å²) in [5, 5.41) is 0. The Bertz CT molecular complexity index is 271. The number of rotatable bonds is 0. The van der Waals surface area contributed by atoms with E-state index in [4.69, 9.17) is 0 Å². The van der Waals surface area contributed by atoms with Crippen molar-refractivity contribution in [1.82, 2.24) is 0 Å². The summed E-state index contributed by atoms with van der Waals surface area (Å²) in [4.78, 5) is 0. The fourth-order valence-corrected chi connectivity index (χ4v) is 1.50. The van der Waals surface area contributed by atoms with Gasteiger partial charge < -0.3 is 0 Å². The van der Waals surface area contributed by atoms with Crippen molar-refractivity contribution in [1.29, 1.82) is 0 Å². The third-order valence-corrected chi connectivity index (χ3v) is 2.09. The van der Waals surface area contributed by atoms with Crippen LogP contribution in [0.5, 0.6) is 0 Å². The largest absolute Gasteiger partial charge is 0.0952 e. The van der Waals surface area contributed by atoms with Gasteiger partial charge in [-0.3, -0.25) is 0 Å². The molecule has 0 aromatic heterocycles. The Morgan fingerprint density at radius 3 is 2.07 bits per heavy atom. The number of benzene rings is 1. The highest BCUT2D eigenvalue weighted by Crippen LogP contribution is 2.29. The zero-order valence-corrected chi connectivity index (χ0v) is 9.93. The van der Waals surface area contributed by atoms with Crippen LogP contribution < -0.4 is 0 Å². The molecule has 0 aliphatic heterocycles. The molecule has 0 amide bonds. The normalized spacial score (nSPS) is 11.9. The van der Waals surface area contributed by atoms with Crippen LogP contribution in [0.15, 0.2) is 30.8 Å². The topological polar surface area (TPSA) is 0 Å². The zero-order chi connectivity index (χ0) is 11.0. The lowest BCUT2D eigenvalue weighted by Gasteiger charge is -1.95. The molecule has 0 N–H and O–H groups in total. The highest BCUT2D eigenvalue weighted by atomic mass is 14.2. The summed E-state index contributed by atoms with van der Waals surface area (Å²) >= 11 is 0. The molecule has 0 atom stereocenters. The standard InChI is InChI=1S/C10H10.2C2H6/c1-8-6-7-9-4-2-3-5-10(8)9;2*1-2/h2-5H,1,6-7H2;2*1-2H3. The van der Waals surface area contributed by atoms with Gasteiger partial charge in [-0.1, -0.05) is 58.5 Å². The minimum absolute atomic E-state index is 1.15. The first-order valence-electron chi connectivity index (χ1n) is 5.64. The summed E-state index contributed by atoms with van der Waals surface area (Å²) in [6, 6.07) is 8.52. The predicted octanol–water partition coefficient (Wildman–Crippen LogP) is 4.70. The lowest BCUT2D eigenvalue weighted by atomic mass is 10.1. The van der Waals surface area contributed by atoms with Gasteiger partial charge in [-0.15, -0.1) is 0 Å². The molecule has 1 aliphatic carbocycles. The molecule has 78 valence electrons. The Balaban J connectivity index is 0.000000379. The third kappa shape index (κ3) is 3.02. The van der Waals surface area contributed by atoms with E-state index in [1.165, 1.54) is 23.1 Å². The van der Waals surface area contributed by atoms with E-state index in [2.05, 4.69) is 30.8 Å². The monoisotopic (exact) mass is 190 g/mol. The molecular formula is C14H22. The van der Waals surface area contributed by atoms with E-state index in [1.54, 1.807) is 0 Å². The van der Waals surface area contributed by atoms with E-state index >= 15 is 0 Å². The first-order chi connectivity index (χ1) is 6.88. The number of aryl methyl sites for hydroxylation is 1. The highest BCUT2D eigenvalue weighted by Gasteiger charge is 2.11. The lowest BCUT2D eigenvalue weighted by molar-refractivity contribution is 1.08. The Morgan fingerprint density at radius 1 is 0.929 bits per heavy atom. The average Bonchev–Trinajstić information content (AvgIpc) is 2.67. The summed E-state index contributed by atoms with van der Waals surface area (Å²) < 4.78 is 0. The van der Waals surface area contributed by atoms with Crippen LogP contribution in [0.2, 0.25) is 0 Å². The van der Waals surface area contributed by atoms with Crippen molar-refractivity contribution in [3.8, 4) is 0 Å². The lowest BCUT2D eigenvalue weighted by Crippen LogP contribution is -1.76. The molecule has 0 nitrogen and oxygen atoms in total. The first kappa shape index (κ1) is 13.0. The second-order valence-electron chi connectivity index (χ2n) is 2.76. The van der Waals surface area contributed by atoms with Crippen LogP contribution >= 0.6 is 0 Å². The molecule has 1 aromatic rings. The van der Waals surface area contributed by atoms with Gasteiger partial charge >= 0.3 is 0 Å². The Kier molecular flexibility index (Phi) is 6.82. The Labute approximate surface area is 88.7 Å². The second kappa shape index (κ2) is 7.37. The van der Waals surface area contributed by atoms with Crippen molar-refractivity contribution in [3.63, 3.8) is 0 Å². The van der Waals surface area contributed by atoms with Gasteiger partial charge in [-0.25, -0.2) is 0 Å². The van der Waals surface area contributed by atoms with E-state index in [-0.39, 0.29) is 0 Å². The molecule has 0 bridgehead atoms. The van der Waals surface area contributed by atoms with E-state index < -0.39 is 0 Å².